The highest BCUT2D eigenvalue weighted by Gasteiger charge is 2.27. The lowest BCUT2D eigenvalue weighted by atomic mass is 10.2. The summed E-state index contributed by atoms with van der Waals surface area (Å²) in [4.78, 5) is 11.6. The van der Waals surface area contributed by atoms with Gasteiger partial charge in [-0.05, 0) is 19.1 Å². The van der Waals surface area contributed by atoms with Crippen LogP contribution in [0.5, 0.6) is 5.75 Å². The van der Waals surface area contributed by atoms with Crippen molar-refractivity contribution < 1.29 is 9.53 Å². The maximum atomic E-state index is 11.6. The molecule has 0 saturated carbocycles. The van der Waals surface area contributed by atoms with Crippen molar-refractivity contribution in [2.24, 2.45) is 0 Å². The van der Waals surface area contributed by atoms with Crippen molar-refractivity contribution in [2.75, 3.05) is 0 Å². The van der Waals surface area contributed by atoms with Crippen LogP contribution in [0, 0.1) is 0 Å². The van der Waals surface area contributed by atoms with Crippen molar-refractivity contribution in [3.8, 4) is 5.75 Å². The number of alkyl halides is 2. The van der Waals surface area contributed by atoms with Crippen LogP contribution in [0.4, 0.5) is 0 Å². The summed E-state index contributed by atoms with van der Waals surface area (Å²) in [6.45, 7) is 5.42. The third-order valence-corrected chi connectivity index (χ3v) is 2.69. The van der Waals surface area contributed by atoms with Gasteiger partial charge in [-0.3, -0.25) is 0 Å². The van der Waals surface area contributed by atoms with Gasteiger partial charge in [0, 0.05) is 0 Å². The van der Waals surface area contributed by atoms with Gasteiger partial charge in [-0.15, -0.1) is 0 Å². The van der Waals surface area contributed by atoms with Crippen molar-refractivity contribution in [3.05, 3.63) is 42.5 Å². The van der Waals surface area contributed by atoms with Gasteiger partial charge in [0.1, 0.15) is 8.98 Å². The van der Waals surface area contributed by atoms with Crippen LogP contribution in [0.1, 0.15) is 6.92 Å². The van der Waals surface area contributed by atoms with Gasteiger partial charge in [-0.1, -0.05) is 56.6 Å². The maximum Gasteiger partial charge on any atom is 0.341 e. The maximum absolute atomic E-state index is 11.6. The first-order valence-corrected chi connectivity index (χ1v) is 5.84. The van der Waals surface area contributed by atoms with Gasteiger partial charge in [-0.25, -0.2) is 4.79 Å². The average Bonchev–Trinajstić information content (AvgIpc) is 2.16. The van der Waals surface area contributed by atoms with Crippen LogP contribution in [-0.4, -0.2) is 9.20 Å². The number of carbonyl (C=O) groups is 1. The third kappa shape index (κ3) is 3.80. The SMILES string of the molecule is C=C(C(=O)Oc1ccccc1)C(C)(Br)Br. The van der Waals surface area contributed by atoms with Gasteiger partial charge < -0.3 is 4.74 Å². The van der Waals surface area contributed by atoms with Crippen LogP contribution < -0.4 is 4.74 Å². The Balaban J connectivity index is 2.69. The van der Waals surface area contributed by atoms with Gasteiger partial charge in [0.25, 0.3) is 0 Å². The molecule has 0 heterocycles. The minimum atomic E-state index is -0.633. The van der Waals surface area contributed by atoms with E-state index in [0.717, 1.165) is 0 Å². The van der Waals surface area contributed by atoms with Crippen LogP contribution >= 0.6 is 31.9 Å². The van der Waals surface area contributed by atoms with E-state index in [1.807, 2.05) is 6.07 Å². The average molecular weight is 334 g/mol. The van der Waals surface area contributed by atoms with Crippen LogP contribution in [-0.2, 0) is 4.79 Å². The molecular weight excluding hydrogens is 324 g/mol. The lowest BCUT2D eigenvalue weighted by Gasteiger charge is -2.15. The first-order valence-electron chi connectivity index (χ1n) is 4.25. The van der Waals surface area contributed by atoms with Gasteiger partial charge >= 0.3 is 5.97 Å². The van der Waals surface area contributed by atoms with Crippen LogP contribution in [0.3, 0.4) is 0 Å². The minimum absolute atomic E-state index is 0.311. The molecule has 0 N–H and O–H groups in total. The lowest BCUT2D eigenvalue weighted by Crippen LogP contribution is -2.21. The molecule has 0 radical (unpaired) electrons. The minimum Gasteiger partial charge on any atom is -0.423 e. The molecule has 0 aliphatic rings. The molecule has 0 amide bonds. The van der Waals surface area contributed by atoms with E-state index in [-0.39, 0.29) is 0 Å². The molecule has 0 aromatic heterocycles. The number of halogens is 2. The smallest absolute Gasteiger partial charge is 0.341 e. The number of hydrogen-bond donors (Lipinski definition) is 0. The van der Waals surface area contributed by atoms with Gasteiger partial charge in [0.15, 0.2) is 0 Å². The molecule has 0 spiro atoms. The van der Waals surface area contributed by atoms with E-state index in [1.54, 1.807) is 31.2 Å². The molecule has 1 aromatic carbocycles. The first kappa shape index (κ1) is 12.5. The Hall–Kier alpha value is -0.610. The number of ether oxygens (including phenoxy) is 1. The molecule has 0 aliphatic carbocycles. The first-order chi connectivity index (χ1) is 6.91. The Morgan fingerprint density at radius 2 is 1.87 bits per heavy atom. The molecule has 15 heavy (non-hydrogen) atoms. The zero-order chi connectivity index (χ0) is 11.5. The van der Waals surface area contributed by atoms with Crippen LogP contribution in [0.2, 0.25) is 0 Å². The fraction of sp³-hybridized carbons (Fsp3) is 0.182. The second-order valence-electron chi connectivity index (χ2n) is 3.07. The highest BCUT2D eigenvalue weighted by atomic mass is 79.9. The van der Waals surface area contributed by atoms with Crippen LogP contribution in [0.25, 0.3) is 0 Å². The summed E-state index contributed by atoms with van der Waals surface area (Å²) in [6, 6.07) is 8.88. The van der Waals surface area contributed by atoms with Crippen molar-refractivity contribution in [3.63, 3.8) is 0 Å². The number of rotatable bonds is 3. The Labute approximate surface area is 106 Å². The molecular formula is C11H10Br2O2. The molecule has 0 unspecified atom stereocenters. The molecule has 4 heteroatoms. The number of para-hydroxylation sites is 1. The topological polar surface area (TPSA) is 26.3 Å². The van der Waals surface area contributed by atoms with Gasteiger partial charge in [0.2, 0.25) is 0 Å². The second kappa shape index (κ2) is 4.94. The molecule has 0 aliphatic heterocycles. The summed E-state index contributed by atoms with van der Waals surface area (Å²) in [5.41, 5.74) is 0.311. The number of esters is 1. The summed E-state index contributed by atoms with van der Waals surface area (Å²) in [5, 5.41) is 0. The monoisotopic (exact) mass is 332 g/mol. The normalized spacial score (nSPS) is 10.9. The predicted octanol–water partition coefficient (Wildman–Crippen LogP) is 3.65. The van der Waals surface area contributed by atoms with Crippen molar-refractivity contribution in [2.45, 2.75) is 10.2 Å². The molecule has 0 bridgehead atoms. The van der Waals surface area contributed by atoms with Crippen molar-refractivity contribution in [1.29, 1.82) is 0 Å². The molecule has 1 rings (SSSR count). The zero-order valence-electron chi connectivity index (χ0n) is 8.17. The summed E-state index contributed by atoms with van der Waals surface area (Å²) < 4.78 is 4.47. The molecule has 80 valence electrons. The predicted molar refractivity (Wildman–Crippen MR) is 67.5 cm³/mol. The zero-order valence-corrected chi connectivity index (χ0v) is 11.3. The Kier molecular flexibility index (Phi) is 4.11. The lowest BCUT2D eigenvalue weighted by molar-refractivity contribution is -0.130. The van der Waals surface area contributed by atoms with E-state index in [9.17, 15) is 4.79 Å². The molecule has 0 saturated heterocycles. The molecule has 0 atom stereocenters. The van der Waals surface area contributed by atoms with Crippen molar-refractivity contribution >= 4 is 37.8 Å². The van der Waals surface area contributed by atoms with Gasteiger partial charge in [0.05, 0.1) is 5.57 Å². The largest absolute Gasteiger partial charge is 0.423 e. The Morgan fingerprint density at radius 1 is 1.33 bits per heavy atom. The highest BCUT2D eigenvalue weighted by molar-refractivity contribution is 9.25. The van der Waals surface area contributed by atoms with Crippen LogP contribution in [0.15, 0.2) is 42.5 Å². The highest BCUT2D eigenvalue weighted by Crippen LogP contribution is 2.33. The number of benzene rings is 1. The quantitative estimate of drug-likeness (QED) is 0.365. The van der Waals surface area contributed by atoms with E-state index in [0.29, 0.717) is 11.3 Å². The summed E-state index contributed by atoms with van der Waals surface area (Å²) in [7, 11) is 0. The van der Waals surface area contributed by atoms with E-state index < -0.39 is 9.20 Å². The van der Waals surface area contributed by atoms with E-state index in [2.05, 4.69) is 38.4 Å². The summed E-state index contributed by atoms with van der Waals surface area (Å²) in [5.74, 6) is 0.0466. The fourth-order valence-electron chi connectivity index (χ4n) is 0.836. The number of hydrogen-bond acceptors (Lipinski definition) is 2. The van der Waals surface area contributed by atoms with Crippen molar-refractivity contribution in [1.82, 2.24) is 0 Å². The molecule has 2 nitrogen and oxygen atoms in total. The third-order valence-electron chi connectivity index (χ3n) is 1.73. The molecule has 1 aromatic rings. The number of carbonyl (C=O) groups excluding carboxylic acids is 1. The standard InChI is InChI=1S/C11H10Br2O2/c1-8(11(2,12)13)10(14)15-9-6-4-3-5-7-9/h3-7H,1H2,2H3. The summed E-state index contributed by atoms with van der Waals surface area (Å²) >= 11 is 6.55. The summed E-state index contributed by atoms with van der Waals surface area (Å²) in [6.07, 6.45) is 0. The Morgan fingerprint density at radius 3 is 2.33 bits per heavy atom. The van der Waals surface area contributed by atoms with E-state index >= 15 is 0 Å². The van der Waals surface area contributed by atoms with E-state index in [1.165, 1.54) is 0 Å². The second-order valence-corrected chi connectivity index (χ2v) is 7.31. The molecule has 0 fully saturated rings. The van der Waals surface area contributed by atoms with Gasteiger partial charge in [-0.2, -0.15) is 0 Å². The fourth-order valence-corrected chi connectivity index (χ4v) is 1.16. The Bertz CT molecular complexity index is 366. The van der Waals surface area contributed by atoms with E-state index in [4.69, 9.17) is 4.74 Å².